The molecule has 0 atom stereocenters. The number of aromatic amines is 1. The third-order valence-electron chi connectivity index (χ3n) is 5.38. The lowest BCUT2D eigenvalue weighted by molar-refractivity contribution is 0.102. The zero-order valence-electron chi connectivity index (χ0n) is 16.1. The summed E-state index contributed by atoms with van der Waals surface area (Å²) in [7, 11) is 1.58. The normalized spacial score (nSPS) is 13.3. The van der Waals surface area contributed by atoms with Crippen molar-refractivity contribution in [1.82, 2.24) is 9.97 Å². The molecule has 1 aliphatic carbocycles. The Kier molecular flexibility index (Phi) is 4.56. The van der Waals surface area contributed by atoms with Gasteiger partial charge in [0.25, 0.3) is 5.91 Å². The first-order chi connectivity index (χ1) is 14.2. The van der Waals surface area contributed by atoms with E-state index in [1.54, 1.807) is 30.6 Å². The monoisotopic (exact) mass is 403 g/mol. The van der Waals surface area contributed by atoms with Gasteiger partial charge in [-0.25, -0.2) is 4.98 Å². The van der Waals surface area contributed by atoms with Crippen molar-refractivity contribution in [1.29, 1.82) is 0 Å². The molecule has 2 N–H and O–H groups in total. The number of fused-ring (bicyclic) bond motifs is 2. The van der Waals surface area contributed by atoms with E-state index in [4.69, 9.17) is 9.72 Å². The Morgan fingerprint density at radius 3 is 2.76 bits per heavy atom. The molecule has 0 aliphatic heterocycles. The van der Waals surface area contributed by atoms with Crippen LogP contribution < -0.4 is 10.1 Å². The molecule has 2 heterocycles. The van der Waals surface area contributed by atoms with Crippen LogP contribution in [-0.4, -0.2) is 23.0 Å². The summed E-state index contributed by atoms with van der Waals surface area (Å²) in [6.07, 6.45) is 4.42. The maximum absolute atomic E-state index is 13.0. The largest absolute Gasteiger partial charge is 0.496 e. The van der Waals surface area contributed by atoms with Crippen LogP contribution in [-0.2, 0) is 12.8 Å². The van der Waals surface area contributed by atoms with Gasteiger partial charge in [0.2, 0.25) is 0 Å². The number of benzene rings is 2. The summed E-state index contributed by atoms with van der Waals surface area (Å²) in [6, 6.07) is 15.3. The van der Waals surface area contributed by atoms with Gasteiger partial charge in [-0.2, -0.15) is 0 Å². The molecule has 0 fully saturated rings. The topological polar surface area (TPSA) is 67.0 Å². The number of carbonyl (C=O) groups is 1. The molecule has 4 aromatic rings. The summed E-state index contributed by atoms with van der Waals surface area (Å²) in [6.45, 7) is 0. The van der Waals surface area contributed by atoms with E-state index in [0.29, 0.717) is 11.3 Å². The number of imidazole rings is 1. The molecule has 1 amide bonds. The van der Waals surface area contributed by atoms with E-state index in [2.05, 4.69) is 10.3 Å². The Labute approximate surface area is 172 Å². The summed E-state index contributed by atoms with van der Waals surface area (Å²) in [5.74, 6) is 1.22. The van der Waals surface area contributed by atoms with Crippen LogP contribution in [0, 0.1) is 0 Å². The number of carbonyl (C=O) groups excluding carboxylic acids is 1. The van der Waals surface area contributed by atoms with Gasteiger partial charge in [0.05, 0.1) is 29.3 Å². The maximum atomic E-state index is 13.0. The van der Waals surface area contributed by atoms with Crippen molar-refractivity contribution in [3.8, 4) is 17.1 Å². The second kappa shape index (κ2) is 7.37. The van der Waals surface area contributed by atoms with Crippen LogP contribution >= 0.6 is 11.3 Å². The number of H-pyrrole nitrogens is 1. The molecule has 6 heteroatoms. The van der Waals surface area contributed by atoms with Crippen molar-refractivity contribution in [2.45, 2.75) is 25.7 Å². The molecule has 0 saturated heterocycles. The van der Waals surface area contributed by atoms with Gasteiger partial charge in [-0.05, 0) is 55.5 Å². The predicted molar refractivity (Wildman–Crippen MR) is 117 cm³/mol. The highest BCUT2D eigenvalue weighted by molar-refractivity contribution is 7.17. The average Bonchev–Trinajstić information content (AvgIpc) is 3.34. The van der Waals surface area contributed by atoms with E-state index < -0.39 is 0 Å². The first-order valence-corrected chi connectivity index (χ1v) is 10.6. The van der Waals surface area contributed by atoms with Crippen LogP contribution in [0.5, 0.6) is 5.75 Å². The predicted octanol–water partition coefficient (Wildman–Crippen LogP) is 5.43. The lowest BCUT2D eigenvalue weighted by Crippen LogP contribution is -2.13. The quantitative estimate of drug-likeness (QED) is 0.477. The third kappa shape index (κ3) is 3.19. The zero-order chi connectivity index (χ0) is 19.8. The van der Waals surface area contributed by atoms with Crippen molar-refractivity contribution in [2.75, 3.05) is 12.4 Å². The van der Waals surface area contributed by atoms with Crippen molar-refractivity contribution in [3.05, 3.63) is 64.5 Å². The molecule has 5 rings (SSSR count). The van der Waals surface area contributed by atoms with E-state index in [-0.39, 0.29) is 5.91 Å². The maximum Gasteiger partial charge on any atom is 0.260 e. The van der Waals surface area contributed by atoms with E-state index in [0.717, 1.165) is 46.7 Å². The molecule has 29 heavy (non-hydrogen) atoms. The Bertz CT molecular complexity index is 1180. The molecule has 0 saturated carbocycles. The molecule has 2 aromatic carbocycles. The van der Waals surface area contributed by atoms with E-state index in [9.17, 15) is 4.79 Å². The molecule has 146 valence electrons. The van der Waals surface area contributed by atoms with Crippen LogP contribution in [0.3, 0.4) is 0 Å². The number of rotatable bonds is 4. The number of para-hydroxylation sites is 3. The van der Waals surface area contributed by atoms with Gasteiger partial charge in [0.15, 0.2) is 0 Å². The van der Waals surface area contributed by atoms with Crippen molar-refractivity contribution in [3.63, 3.8) is 0 Å². The minimum atomic E-state index is -0.168. The highest BCUT2D eigenvalue weighted by atomic mass is 32.1. The average molecular weight is 404 g/mol. The number of ether oxygens (including phenoxy) is 1. The van der Waals surface area contributed by atoms with E-state index >= 15 is 0 Å². The number of amides is 1. The number of aryl methyl sites for hydroxylation is 1. The van der Waals surface area contributed by atoms with Gasteiger partial charge in [0, 0.05) is 4.88 Å². The second-order valence-electron chi connectivity index (χ2n) is 7.17. The molecule has 1 aliphatic rings. The van der Waals surface area contributed by atoms with Gasteiger partial charge in [-0.1, -0.05) is 24.3 Å². The lowest BCUT2D eigenvalue weighted by Gasteiger charge is -2.12. The molecule has 5 nitrogen and oxygen atoms in total. The van der Waals surface area contributed by atoms with Crippen molar-refractivity contribution < 1.29 is 9.53 Å². The number of hydrogen-bond donors (Lipinski definition) is 2. The van der Waals surface area contributed by atoms with Crippen LogP contribution in [0.2, 0.25) is 0 Å². The number of aromatic nitrogens is 2. The number of hydrogen-bond acceptors (Lipinski definition) is 4. The first kappa shape index (κ1) is 17.9. The first-order valence-electron chi connectivity index (χ1n) is 9.78. The Balaban J connectivity index is 1.59. The fourth-order valence-corrected chi connectivity index (χ4v) is 5.26. The van der Waals surface area contributed by atoms with Crippen LogP contribution in [0.15, 0.2) is 48.5 Å². The summed E-state index contributed by atoms with van der Waals surface area (Å²) in [4.78, 5) is 22.7. The van der Waals surface area contributed by atoms with Crippen molar-refractivity contribution >= 4 is 33.3 Å². The number of nitrogens with one attached hydrogen (secondary N) is 2. The van der Waals surface area contributed by atoms with Gasteiger partial charge in [0.1, 0.15) is 16.6 Å². The summed E-state index contributed by atoms with van der Waals surface area (Å²) in [5.41, 5.74) is 4.80. The number of nitrogens with zero attached hydrogens (tertiary/aromatic N) is 1. The highest BCUT2D eigenvalue weighted by Gasteiger charge is 2.25. The SMILES string of the molecule is COc1ccccc1C(=O)Nc1sc2c(c1-c1nc3ccccc3[nH]1)CCCC2. The standard InChI is InChI=1S/C23H21N3O2S/c1-28-18-12-6-2-8-14(18)22(27)26-23-20(15-9-3-7-13-19(15)29-23)21-24-16-10-4-5-11-17(16)25-21/h2,4-6,8,10-12H,3,7,9,13H2,1H3,(H,24,25)(H,26,27). The fraction of sp³-hybridized carbons (Fsp3) is 0.217. The Morgan fingerprint density at radius 1 is 1.10 bits per heavy atom. The Morgan fingerprint density at radius 2 is 1.90 bits per heavy atom. The van der Waals surface area contributed by atoms with Crippen LogP contribution in [0.25, 0.3) is 22.4 Å². The Hall–Kier alpha value is -3.12. The minimum Gasteiger partial charge on any atom is -0.496 e. The third-order valence-corrected chi connectivity index (χ3v) is 6.58. The lowest BCUT2D eigenvalue weighted by atomic mass is 9.95. The molecular weight excluding hydrogens is 382 g/mol. The smallest absolute Gasteiger partial charge is 0.260 e. The van der Waals surface area contributed by atoms with Gasteiger partial charge < -0.3 is 15.0 Å². The second-order valence-corrected chi connectivity index (χ2v) is 8.28. The summed E-state index contributed by atoms with van der Waals surface area (Å²) in [5, 5.41) is 3.99. The van der Waals surface area contributed by atoms with Gasteiger partial charge >= 0.3 is 0 Å². The van der Waals surface area contributed by atoms with Crippen molar-refractivity contribution in [2.24, 2.45) is 0 Å². The summed E-state index contributed by atoms with van der Waals surface area (Å²) < 4.78 is 5.36. The number of methoxy groups -OCH3 is 1. The molecule has 0 bridgehead atoms. The highest BCUT2D eigenvalue weighted by Crippen LogP contribution is 2.44. The number of anilines is 1. The molecular formula is C23H21N3O2S. The van der Waals surface area contributed by atoms with Crippen LogP contribution in [0.4, 0.5) is 5.00 Å². The van der Waals surface area contributed by atoms with E-state index in [1.165, 1.54) is 16.9 Å². The number of thiophene rings is 1. The minimum absolute atomic E-state index is 0.168. The molecule has 0 spiro atoms. The fourth-order valence-electron chi connectivity index (χ4n) is 3.98. The molecule has 0 radical (unpaired) electrons. The van der Waals surface area contributed by atoms with Gasteiger partial charge in [-0.3, -0.25) is 4.79 Å². The summed E-state index contributed by atoms with van der Waals surface area (Å²) >= 11 is 1.67. The van der Waals surface area contributed by atoms with Crippen LogP contribution in [0.1, 0.15) is 33.6 Å². The molecule has 0 unspecified atom stereocenters. The zero-order valence-corrected chi connectivity index (χ0v) is 16.9. The van der Waals surface area contributed by atoms with E-state index in [1.807, 2.05) is 36.4 Å². The molecule has 2 aromatic heterocycles. The van der Waals surface area contributed by atoms with Gasteiger partial charge in [-0.15, -0.1) is 11.3 Å².